The Bertz CT molecular complexity index is 3110. The topological polar surface area (TPSA) is 0 Å². The summed E-state index contributed by atoms with van der Waals surface area (Å²) in [5.74, 6) is 0. The van der Waals surface area contributed by atoms with Crippen molar-refractivity contribution < 1.29 is 0 Å². The van der Waals surface area contributed by atoms with Gasteiger partial charge in [-0.2, -0.15) is 0 Å². The van der Waals surface area contributed by atoms with E-state index in [9.17, 15) is 0 Å². The zero-order valence-electron chi connectivity index (χ0n) is 34.2. The molecule has 11 aromatic rings. The summed E-state index contributed by atoms with van der Waals surface area (Å²) in [7, 11) is 0. The third kappa shape index (κ3) is 7.08. The Hall–Kier alpha value is -8.06. The summed E-state index contributed by atoms with van der Waals surface area (Å²) in [6.07, 6.45) is 0. The molecule has 0 amide bonds. The van der Waals surface area contributed by atoms with E-state index in [4.69, 9.17) is 0 Å². The fraction of sp³-hybridized carbons (Fsp3) is 0. The van der Waals surface area contributed by atoms with Crippen molar-refractivity contribution in [2.45, 2.75) is 0 Å². The quantitative estimate of drug-likeness (QED) is 0.135. The van der Waals surface area contributed by atoms with Crippen molar-refractivity contribution >= 4 is 21.5 Å². The van der Waals surface area contributed by atoms with Crippen molar-refractivity contribution in [3.8, 4) is 89.0 Å². The largest absolute Gasteiger partial charge is 0.0622 e. The minimum absolute atomic E-state index is 1.19. The van der Waals surface area contributed by atoms with Gasteiger partial charge in [0.1, 0.15) is 0 Å². The molecule has 0 heterocycles. The number of benzene rings is 11. The zero-order chi connectivity index (χ0) is 41.2. The lowest BCUT2D eigenvalue weighted by Gasteiger charge is -2.20. The molecule has 0 heteroatoms. The van der Waals surface area contributed by atoms with E-state index in [0.717, 1.165) is 0 Å². The van der Waals surface area contributed by atoms with Crippen molar-refractivity contribution in [3.63, 3.8) is 0 Å². The van der Waals surface area contributed by atoms with Gasteiger partial charge in [-0.05, 0) is 123 Å². The molecule has 0 aromatic heterocycles. The summed E-state index contributed by atoms with van der Waals surface area (Å²) in [5, 5.41) is 4.98. The van der Waals surface area contributed by atoms with E-state index in [2.05, 4.69) is 255 Å². The van der Waals surface area contributed by atoms with Gasteiger partial charge in [0.15, 0.2) is 0 Å². The fourth-order valence-electron chi connectivity index (χ4n) is 9.10. The minimum atomic E-state index is 1.19. The van der Waals surface area contributed by atoms with Crippen molar-refractivity contribution in [2.75, 3.05) is 0 Å². The molecular formula is C62H42. The zero-order valence-corrected chi connectivity index (χ0v) is 34.2. The third-order valence-electron chi connectivity index (χ3n) is 12.3. The molecule has 0 N–H and O–H groups in total. The summed E-state index contributed by atoms with van der Waals surface area (Å²) >= 11 is 0. The van der Waals surface area contributed by atoms with Crippen molar-refractivity contribution in [1.82, 2.24) is 0 Å². The normalized spacial score (nSPS) is 11.2. The maximum atomic E-state index is 2.41. The predicted molar refractivity (Wildman–Crippen MR) is 265 cm³/mol. The van der Waals surface area contributed by atoms with Gasteiger partial charge in [0, 0.05) is 0 Å². The molecule has 0 radical (unpaired) electrons. The molecule has 0 unspecified atom stereocenters. The highest BCUT2D eigenvalue weighted by Crippen LogP contribution is 2.46. The van der Waals surface area contributed by atoms with Crippen LogP contribution in [0.4, 0.5) is 0 Å². The van der Waals surface area contributed by atoms with Gasteiger partial charge in [0.05, 0.1) is 0 Å². The molecule has 0 fully saturated rings. The summed E-state index contributed by atoms with van der Waals surface area (Å²) < 4.78 is 0. The van der Waals surface area contributed by atoms with Crippen LogP contribution in [0.1, 0.15) is 0 Å². The number of hydrogen-bond acceptors (Lipinski definition) is 0. The SMILES string of the molecule is c1ccc(-c2ccc(-c3ccc(-c4ccc5c(-c6ccccc6)c6ccc(-c7ccc(-c8ccc(-c9ccccc9)cc8)cc7)cc6c(-c6ccccc6)c5c4)cc3)cc2)cc1. The van der Waals surface area contributed by atoms with Crippen LogP contribution in [-0.2, 0) is 0 Å². The fourth-order valence-corrected chi connectivity index (χ4v) is 9.10. The molecule has 0 nitrogen and oxygen atoms in total. The van der Waals surface area contributed by atoms with Crippen LogP contribution < -0.4 is 0 Å². The standard InChI is InChI=1S/C62H42/c1-5-13-43(14-6-1)45-21-25-47(26-22-45)49-29-33-51(34-30-49)55-37-39-57-59(41-55)62(54-19-11-4-12-20-54)60-42-56(38-40-58(60)61(57)53-17-9-3-10-18-53)52-35-31-50(32-36-52)48-27-23-46(24-28-48)44-15-7-2-8-16-44/h1-42H. The van der Waals surface area contributed by atoms with Crippen LogP contribution in [0.5, 0.6) is 0 Å². The van der Waals surface area contributed by atoms with Gasteiger partial charge in [-0.1, -0.05) is 243 Å². The van der Waals surface area contributed by atoms with Gasteiger partial charge >= 0.3 is 0 Å². The van der Waals surface area contributed by atoms with Crippen LogP contribution in [0, 0.1) is 0 Å². The van der Waals surface area contributed by atoms with Gasteiger partial charge in [0.25, 0.3) is 0 Å². The van der Waals surface area contributed by atoms with Crippen LogP contribution in [0.2, 0.25) is 0 Å². The predicted octanol–water partition coefficient (Wildman–Crippen LogP) is 17.3. The highest BCUT2D eigenvalue weighted by molar-refractivity contribution is 6.22. The molecule has 0 bridgehead atoms. The Labute approximate surface area is 363 Å². The number of fused-ring (bicyclic) bond motifs is 2. The Kier molecular flexibility index (Phi) is 9.65. The lowest BCUT2D eigenvalue weighted by atomic mass is 9.84. The van der Waals surface area contributed by atoms with Crippen LogP contribution >= 0.6 is 0 Å². The second-order valence-electron chi connectivity index (χ2n) is 16.0. The molecule has 0 saturated heterocycles. The molecule has 0 spiro atoms. The summed E-state index contributed by atoms with van der Waals surface area (Å²) in [4.78, 5) is 0. The molecule has 0 aliphatic carbocycles. The number of hydrogen-bond donors (Lipinski definition) is 0. The van der Waals surface area contributed by atoms with Gasteiger partial charge in [0.2, 0.25) is 0 Å². The average Bonchev–Trinajstić information content (AvgIpc) is 3.36. The van der Waals surface area contributed by atoms with Crippen LogP contribution in [0.25, 0.3) is 111 Å². The van der Waals surface area contributed by atoms with Crippen molar-refractivity contribution in [2.24, 2.45) is 0 Å². The number of rotatable bonds is 8. The lowest BCUT2D eigenvalue weighted by Crippen LogP contribution is -1.92. The Morgan fingerprint density at radius 3 is 0.597 bits per heavy atom. The molecule has 0 saturated carbocycles. The highest BCUT2D eigenvalue weighted by Gasteiger charge is 2.19. The molecule has 0 aliphatic heterocycles. The highest BCUT2D eigenvalue weighted by atomic mass is 14.2. The van der Waals surface area contributed by atoms with E-state index < -0.39 is 0 Å². The molecule has 11 rings (SSSR count). The molecule has 62 heavy (non-hydrogen) atoms. The van der Waals surface area contributed by atoms with Gasteiger partial charge in [-0.25, -0.2) is 0 Å². The van der Waals surface area contributed by atoms with Crippen LogP contribution in [0.3, 0.4) is 0 Å². The Morgan fingerprint density at radius 2 is 0.323 bits per heavy atom. The Balaban J connectivity index is 1.01. The third-order valence-corrected chi connectivity index (χ3v) is 12.3. The first-order chi connectivity index (χ1) is 30.7. The second kappa shape index (κ2) is 16.2. The maximum absolute atomic E-state index is 2.41. The smallest absolute Gasteiger partial charge is 0.00259 e. The van der Waals surface area contributed by atoms with Gasteiger partial charge in [-0.3, -0.25) is 0 Å². The van der Waals surface area contributed by atoms with E-state index >= 15 is 0 Å². The molecule has 0 aliphatic rings. The first kappa shape index (κ1) is 37.0. The van der Waals surface area contributed by atoms with E-state index in [1.807, 2.05) is 0 Å². The average molecular weight is 787 g/mol. The monoisotopic (exact) mass is 786 g/mol. The molecule has 11 aromatic carbocycles. The lowest BCUT2D eigenvalue weighted by molar-refractivity contribution is 1.58. The van der Waals surface area contributed by atoms with E-state index in [-0.39, 0.29) is 0 Å². The Morgan fingerprint density at radius 1 is 0.129 bits per heavy atom. The second-order valence-corrected chi connectivity index (χ2v) is 16.0. The van der Waals surface area contributed by atoms with Gasteiger partial charge < -0.3 is 0 Å². The van der Waals surface area contributed by atoms with Crippen molar-refractivity contribution in [1.29, 1.82) is 0 Å². The van der Waals surface area contributed by atoms with E-state index in [1.54, 1.807) is 0 Å². The summed E-state index contributed by atoms with van der Waals surface area (Å²) in [6.45, 7) is 0. The molecular weight excluding hydrogens is 745 g/mol. The van der Waals surface area contributed by atoms with Crippen LogP contribution in [0.15, 0.2) is 255 Å². The minimum Gasteiger partial charge on any atom is -0.0622 e. The van der Waals surface area contributed by atoms with Crippen LogP contribution in [-0.4, -0.2) is 0 Å². The summed E-state index contributed by atoms with van der Waals surface area (Å²) in [6, 6.07) is 92.9. The van der Waals surface area contributed by atoms with E-state index in [1.165, 1.54) is 111 Å². The maximum Gasteiger partial charge on any atom is -0.00259 e. The van der Waals surface area contributed by atoms with E-state index in [0.29, 0.717) is 0 Å². The summed E-state index contributed by atoms with van der Waals surface area (Å²) in [5.41, 5.74) is 19.5. The molecule has 290 valence electrons. The van der Waals surface area contributed by atoms with Crippen molar-refractivity contribution in [3.05, 3.63) is 255 Å². The first-order valence-electron chi connectivity index (χ1n) is 21.4. The molecule has 0 atom stereocenters. The van der Waals surface area contributed by atoms with Gasteiger partial charge in [-0.15, -0.1) is 0 Å². The first-order valence-corrected chi connectivity index (χ1v) is 21.4.